The zero-order valence-corrected chi connectivity index (χ0v) is 10.3. The number of benzene rings is 1. The number of carbonyl (C=O) groups excluding carboxylic acids is 1. The predicted molar refractivity (Wildman–Crippen MR) is 66.5 cm³/mol. The molecule has 4 N–H and O–H groups in total. The van der Waals surface area contributed by atoms with E-state index in [0.717, 1.165) is 12.5 Å². The lowest BCUT2D eigenvalue weighted by Gasteiger charge is -2.07. The molecule has 1 aromatic rings. The fourth-order valence-electron chi connectivity index (χ4n) is 1.28. The van der Waals surface area contributed by atoms with Crippen molar-refractivity contribution in [3.05, 3.63) is 23.5 Å². The van der Waals surface area contributed by atoms with Gasteiger partial charge in [-0.25, -0.2) is 4.39 Å². The second-order valence-electron chi connectivity index (χ2n) is 3.43. The first-order valence-corrected chi connectivity index (χ1v) is 6.05. The van der Waals surface area contributed by atoms with E-state index in [-0.39, 0.29) is 11.3 Å². The Hall–Kier alpha value is -1.27. The third-order valence-electron chi connectivity index (χ3n) is 2.12. The lowest BCUT2D eigenvalue weighted by molar-refractivity contribution is 0.100. The molecule has 1 amide bonds. The van der Waals surface area contributed by atoms with Gasteiger partial charge < -0.3 is 16.2 Å². The summed E-state index contributed by atoms with van der Waals surface area (Å²) in [5, 5.41) is 0. The summed E-state index contributed by atoms with van der Waals surface area (Å²) < 4.78 is 18.4. The maximum atomic E-state index is 13.5. The second-order valence-corrected chi connectivity index (χ2v) is 4.57. The molecule has 1 rings (SSSR count). The molecule has 0 unspecified atom stereocenters. The number of ether oxygens (including phenoxy) is 1. The van der Waals surface area contributed by atoms with Crippen molar-refractivity contribution in [2.24, 2.45) is 5.73 Å². The van der Waals surface area contributed by atoms with Crippen LogP contribution in [0.5, 0.6) is 0 Å². The third kappa shape index (κ3) is 3.90. The van der Waals surface area contributed by atoms with Gasteiger partial charge in [0.15, 0.2) is 0 Å². The summed E-state index contributed by atoms with van der Waals surface area (Å²) in [4.78, 5) is 11.4. The van der Waals surface area contributed by atoms with Gasteiger partial charge in [0.05, 0.1) is 5.56 Å². The van der Waals surface area contributed by atoms with Gasteiger partial charge in [0.25, 0.3) is 5.91 Å². The van der Waals surface area contributed by atoms with E-state index in [0.29, 0.717) is 17.3 Å². The van der Waals surface area contributed by atoms with E-state index in [1.54, 1.807) is 7.11 Å². The number of hydrogen-bond donors (Lipinski definition) is 2. The Balaban J connectivity index is 2.77. The van der Waals surface area contributed by atoms with Gasteiger partial charge in [0.2, 0.25) is 0 Å². The third-order valence-corrected chi connectivity index (χ3v) is 3.24. The molecule has 0 aromatic heterocycles. The van der Waals surface area contributed by atoms with Crippen molar-refractivity contribution in [2.75, 3.05) is 25.2 Å². The molecule has 0 aliphatic heterocycles. The van der Waals surface area contributed by atoms with Crippen molar-refractivity contribution in [2.45, 2.75) is 11.3 Å². The van der Waals surface area contributed by atoms with Gasteiger partial charge in [-0.3, -0.25) is 4.79 Å². The molecule has 0 bridgehead atoms. The molecular weight excluding hydrogens is 243 g/mol. The molecular formula is C11H15FN2O2S. The highest BCUT2D eigenvalue weighted by Gasteiger charge is 2.11. The lowest BCUT2D eigenvalue weighted by Crippen LogP contribution is -2.14. The van der Waals surface area contributed by atoms with Crippen molar-refractivity contribution in [1.29, 1.82) is 0 Å². The first-order chi connectivity index (χ1) is 8.06. The largest absolute Gasteiger partial charge is 0.398 e. The Labute approximate surface area is 103 Å². The number of methoxy groups -OCH3 is 1. The minimum absolute atomic E-state index is 0.0660. The van der Waals surface area contributed by atoms with Crippen LogP contribution in [0.25, 0.3) is 0 Å². The number of amides is 1. The van der Waals surface area contributed by atoms with Gasteiger partial charge in [-0.15, -0.1) is 11.8 Å². The summed E-state index contributed by atoms with van der Waals surface area (Å²) in [5.41, 5.74) is 10.9. The number of halogens is 1. The molecule has 0 fully saturated rings. The van der Waals surface area contributed by atoms with E-state index in [2.05, 4.69) is 0 Å². The molecule has 0 radical (unpaired) electrons. The van der Waals surface area contributed by atoms with Crippen LogP contribution in [-0.2, 0) is 4.74 Å². The van der Waals surface area contributed by atoms with E-state index < -0.39 is 11.7 Å². The summed E-state index contributed by atoms with van der Waals surface area (Å²) in [6, 6.07) is 2.52. The summed E-state index contributed by atoms with van der Waals surface area (Å²) in [7, 11) is 1.61. The molecule has 1 aromatic carbocycles. The van der Waals surface area contributed by atoms with Crippen molar-refractivity contribution in [3.8, 4) is 0 Å². The van der Waals surface area contributed by atoms with Gasteiger partial charge in [0.1, 0.15) is 5.82 Å². The smallest absolute Gasteiger partial charge is 0.250 e. The van der Waals surface area contributed by atoms with Gasteiger partial charge in [-0.1, -0.05) is 0 Å². The molecule has 6 heteroatoms. The van der Waals surface area contributed by atoms with Gasteiger partial charge >= 0.3 is 0 Å². The molecule has 4 nitrogen and oxygen atoms in total. The summed E-state index contributed by atoms with van der Waals surface area (Å²) in [6.45, 7) is 0.617. The van der Waals surface area contributed by atoms with Crippen molar-refractivity contribution in [3.63, 3.8) is 0 Å². The molecule has 94 valence electrons. The molecule has 0 aliphatic carbocycles. The van der Waals surface area contributed by atoms with Crippen LogP contribution in [0.1, 0.15) is 16.8 Å². The average molecular weight is 258 g/mol. The quantitative estimate of drug-likeness (QED) is 0.462. The van der Waals surface area contributed by atoms with E-state index in [1.807, 2.05) is 0 Å². The molecule has 0 heterocycles. The zero-order chi connectivity index (χ0) is 12.8. The van der Waals surface area contributed by atoms with Crippen LogP contribution in [0.2, 0.25) is 0 Å². The van der Waals surface area contributed by atoms with Crippen molar-refractivity contribution in [1.82, 2.24) is 0 Å². The minimum Gasteiger partial charge on any atom is -0.398 e. The highest BCUT2D eigenvalue weighted by molar-refractivity contribution is 7.99. The van der Waals surface area contributed by atoms with Crippen molar-refractivity contribution >= 4 is 23.4 Å². The first kappa shape index (κ1) is 13.8. The Morgan fingerprint density at radius 2 is 2.24 bits per heavy atom. The summed E-state index contributed by atoms with van der Waals surface area (Å²) >= 11 is 1.31. The maximum Gasteiger partial charge on any atom is 0.250 e. The normalized spacial score (nSPS) is 10.5. The molecule has 0 aliphatic rings. The van der Waals surface area contributed by atoms with Crippen LogP contribution in [0.4, 0.5) is 10.1 Å². The SMILES string of the molecule is COCCCSc1cc(C(N)=O)c(N)cc1F. The molecule has 17 heavy (non-hydrogen) atoms. The zero-order valence-electron chi connectivity index (χ0n) is 9.53. The van der Waals surface area contributed by atoms with Gasteiger partial charge in [0, 0.05) is 30.1 Å². The van der Waals surface area contributed by atoms with E-state index in [4.69, 9.17) is 16.2 Å². The minimum atomic E-state index is -0.652. The topological polar surface area (TPSA) is 78.3 Å². The summed E-state index contributed by atoms with van der Waals surface area (Å²) in [5.74, 6) is -0.386. The van der Waals surface area contributed by atoms with E-state index in [1.165, 1.54) is 17.8 Å². The maximum absolute atomic E-state index is 13.5. The monoisotopic (exact) mass is 258 g/mol. The predicted octanol–water partition coefficient (Wildman–Crippen LogP) is 1.64. The highest BCUT2D eigenvalue weighted by atomic mass is 32.2. The van der Waals surface area contributed by atoms with Crippen LogP contribution in [0, 0.1) is 5.82 Å². The Morgan fingerprint density at radius 1 is 1.53 bits per heavy atom. The number of hydrogen-bond acceptors (Lipinski definition) is 4. The highest BCUT2D eigenvalue weighted by Crippen LogP contribution is 2.26. The van der Waals surface area contributed by atoms with Crippen LogP contribution in [0.3, 0.4) is 0 Å². The number of carbonyl (C=O) groups is 1. The standard InChI is InChI=1S/C11H15FN2O2S/c1-16-3-2-4-17-10-5-7(11(14)15)9(13)6-8(10)12/h5-6H,2-4,13H2,1H3,(H2,14,15). The first-order valence-electron chi connectivity index (χ1n) is 5.06. The molecule has 0 spiro atoms. The molecule has 0 saturated carbocycles. The number of thioether (sulfide) groups is 1. The molecule has 0 atom stereocenters. The van der Waals surface area contributed by atoms with Crippen molar-refractivity contribution < 1.29 is 13.9 Å². The fourth-order valence-corrected chi connectivity index (χ4v) is 2.16. The Bertz CT molecular complexity index is 413. The van der Waals surface area contributed by atoms with Crippen LogP contribution < -0.4 is 11.5 Å². The Kier molecular flexibility index (Phi) is 5.24. The van der Waals surface area contributed by atoms with Gasteiger partial charge in [-0.2, -0.15) is 0 Å². The number of nitrogen functional groups attached to an aromatic ring is 1. The number of rotatable bonds is 6. The fraction of sp³-hybridized carbons (Fsp3) is 0.364. The summed E-state index contributed by atoms with van der Waals surface area (Å²) in [6.07, 6.45) is 0.802. The van der Waals surface area contributed by atoms with Gasteiger partial charge in [-0.05, 0) is 18.6 Å². The number of anilines is 1. The number of primary amides is 1. The van der Waals surface area contributed by atoms with Crippen LogP contribution in [-0.4, -0.2) is 25.4 Å². The van der Waals surface area contributed by atoms with Crippen LogP contribution in [0.15, 0.2) is 17.0 Å². The van der Waals surface area contributed by atoms with E-state index in [9.17, 15) is 9.18 Å². The lowest BCUT2D eigenvalue weighted by atomic mass is 10.1. The Morgan fingerprint density at radius 3 is 2.82 bits per heavy atom. The second kappa shape index (κ2) is 6.46. The number of nitrogens with two attached hydrogens (primary N) is 2. The van der Waals surface area contributed by atoms with Crippen LogP contribution >= 0.6 is 11.8 Å². The average Bonchev–Trinajstić information content (AvgIpc) is 2.26. The molecule has 0 saturated heterocycles. The van der Waals surface area contributed by atoms with E-state index >= 15 is 0 Å².